The molecule has 0 spiro atoms. The predicted octanol–water partition coefficient (Wildman–Crippen LogP) is 6.00. The Morgan fingerprint density at radius 3 is 2.62 bits per heavy atom. The summed E-state index contributed by atoms with van der Waals surface area (Å²) >= 11 is 8.35. The van der Waals surface area contributed by atoms with Crippen molar-refractivity contribution in [3.05, 3.63) is 34.2 Å². The molecule has 1 N–H and O–H groups in total. The van der Waals surface area contributed by atoms with E-state index in [4.69, 9.17) is 11.6 Å². The topological polar surface area (TPSA) is 12.0 Å². The van der Waals surface area contributed by atoms with Crippen LogP contribution in [0.25, 0.3) is 10.1 Å². The Hall–Kier alpha value is -0.570. The Balaban J connectivity index is 1.64. The van der Waals surface area contributed by atoms with Crippen molar-refractivity contribution >= 4 is 33.0 Å². The van der Waals surface area contributed by atoms with Crippen molar-refractivity contribution in [1.29, 1.82) is 0 Å². The van der Waals surface area contributed by atoms with Gasteiger partial charge in [-0.2, -0.15) is 0 Å². The van der Waals surface area contributed by atoms with Gasteiger partial charge in [0.1, 0.15) is 0 Å². The first kappa shape index (κ1) is 15.3. The summed E-state index contributed by atoms with van der Waals surface area (Å²) < 4.78 is 1.29. The zero-order valence-corrected chi connectivity index (χ0v) is 14.3. The second-order valence-electron chi connectivity index (χ2n) is 6.26. The predicted molar refractivity (Wildman–Crippen MR) is 94.3 cm³/mol. The molecule has 1 atom stereocenters. The zero-order valence-electron chi connectivity index (χ0n) is 12.7. The molecule has 1 aliphatic rings. The van der Waals surface area contributed by atoms with E-state index >= 15 is 0 Å². The molecule has 1 saturated carbocycles. The minimum absolute atomic E-state index is 0.587. The minimum atomic E-state index is 0.587. The maximum absolute atomic E-state index is 6.52. The van der Waals surface area contributed by atoms with Crippen molar-refractivity contribution in [2.75, 3.05) is 0 Å². The Morgan fingerprint density at radius 1 is 1.19 bits per heavy atom. The van der Waals surface area contributed by atoms with Gasteiger partial charge in [-0.05, 0) is 31.7 Å². The number of hydrogen-bond acceptors (Lipinski definition) is 2. The molecular weight excluding hydrogens is 298 g/mol. The third-order valence-corrected chi connectivity index (χ3v) is 6.51. The standard InChI is InChI=1S/C18H24ClNS/c1-13(14-8-4-2-3-5-9-14)20-12-17-18(19)15-10-6-7-11-16(15)21-17/h6-7,10-11,13-14,20H,2-5,8-9,12H2,1H3/t13-/m1/s1. The summed E-state index contributed by atoms with van der Waals surface area (Å²) in [4.78, 5) is 1.28. The third kappa shape index (κ3) is 3.61. The van der Waals surface area contributed by atoms with Crippen LogP contribution < -0.4 is 5.32 Å². The highest BCUT2D eigenvalue weighted by atomic mass is 35.5. The van der Waals surface area contributed by atoms with Crippen molar-refractivity contribution < 1.29 is 0 Å². The molecule has 0 bridgehead atoms. The van der Waals surface area contributed by atoms with E-state index in [-0.39, 0.29) is 0 Å². The van der Waals surface area contributed by atoms with E-state index in [1.165, 1.54) is 53.5 Å². The lowest BCUT2D eigenvalue weighted by atomic mass is 9.93. The van der Waals surface area contributed by atoms with Crippen LogP contribution >= 0.6 is 22.9 Å². The fraction of sp³-hybridized carbons (Fsp3) is 0.556. The average Bonchev–Trinajstić information content (AvgIpc) is 2.71. The van der Waals surface area contributed by atoms with Crippen LogP contribution in [0.3, 0.4) is 0 Å². The summed E-state index contributed by atoms with van der Waals surface area (Å²) in [5.74, 6) is 0.834. The van der Waals surface area contributed by atoms with Crippen LogP contribution in [0.2, 0.25) is 5.02 Å². The van der Waals surface area contributed by atoms with E-state index in [9.17, 15) is 0 Å². The van der Waals surface area contributed by atoms with Crippen LogP contribution in [0.5, 0.6) is 0 Å². The van der Waals surface area contributed by atoms with E-state index < -0.39 is 0 Å². The van der Waals surface area contributed by atoms with Crippen LogP contribution in [0.4, 0.5) is 0 Å². The molecule has 1 aromatic heterocycles. The van der Waals surface area contributed by atoms with Crippen LogP contribution in [-0.4, -0.2) is 6.04 Å². The first-order valence-corrected chi connectivity index (χ1v) is 9.34. The zero-order chi connectivity index (χ0) is 14.7. The summed E-state index contributed by atoms with van der Waals surface area (Å²) in [7, 11) is 0. The number of hydrogen-bond donors (Lipinski definition) is 1. The third-order valence-electron chi connectivity index (χ3n) is 4.79. The molecule has 0 saturated heterocycles. The second kappa shape index (κ2) is 7.13. The monoisotopic (exact) mass is 321 g/mol. The molecule has 3 rings (SSSR count). The largest absolute Gasteiger partial charge is 0.309 e. The lowest BCUT2D eigenvalue weighted by molar-refractivity contribution is 0.337. The van der Waals surface area contributed by atoms with Crippen molar-refractivity contribution in [2.24, 2.45) is 5.92 Å². The molecule has 0 aliphatic heterocycles. The van der Waals surface area contributed by atoms with E-state index in [0.29, 0.717) is 6.04 Å². The molecule has 3 heteroatoms. The average molecular weight is 322 g/mol. The SMILES string of the molecule is C[C@@H](NCc1sc2ccccc2c1Cl)C1CCCCCC1. The van der Waals surface area contributed by atoms with Crippen molar-refractivity contribution in [2.45, 2.75) is 58.0 Å². The van der Waals surface area contributed by atoms with Crippen molar-refractivity contribution in [1.82, 2.24) is 5.32 Å². The number of fused-ring (bicyclic) bond motifs is 1. The van der Waals surface area contributed by atoms with Gasteiger partial charge in [-0.25, -0.2) is 0 Å². The molecule has 0 unspecified atom stereocenters. The van der Waals surface area contributed by atoms with Gasteiger partial charge < -0.3 is 5.32 Å². The van der Waals surface area contributed by atoms with Gasteiger partial charge in [0.2, 0.25) is 0 Å². The maximum atomic E-state index is 6.52. The van der Waals surface area contributed by atoms with Crippen LogP contribution in [-0.2, 0) is 6.54 Å². The number of benzene rings is 1. The first-order chi connectivity index (χ1) is 10.3. The molecule has 1 heterocycles. The van der Waals surface area contributed by atoms with Crippen molar-refractivity contribution in [3.8, 4) is 0 Å². The number of rotatable bonds is 4. The summed E-state index contributed by atoms with van der Waals surface area (Å²) in [6, 6.07) is 9.01. The first-order valence-electron chi connectivity index (χ1n) is 8.15. The van der Waals surface area contributed by atoms with E-state index in [1.807, 2.05) is 11.3 Å². The molecule has 21 heavy (non-hydrogen) atoms. The van der Waals surface area contributed by atoms with Gasteiger partial charge in [-0.3, -0.25) is 0 Å². The molecule has 0 radical (unpaired) electrons. The Bertz CT molecular complexity index is 584. The molecule has 1 fully saturated rings. The molecule has 1 nitrogen and oxygen atoms in total. The van der Waals surface area contributed by atoms with Crippen LogP contribution in [0, 0.1) is 5.92 Å². The van der Waals surface area contributed by atoms with Gasteiger partial charge in [0.15, 0.2) is 0 Å². The Kier molecular flexibility index (Phi) is 5.20. The number of halogens is 1. The Labute approximate surface area is 136 Å². The van der Waals surface area contributed by atoms with Crippen LogP contribution in [0.15, 0.2) is 24.3 Å². The molecule has 1 aromatic carbocycles. The second-order valence-corrected chi connectivity index (χ2v) is 7.77. The number of nitrogens with one attached hydrogen (secondary N) is 1. The fourth-order valence-electron chi connectivity index (χ4n) is 3.41. The smallest absolute Gasteiger partial charge is 0.0636 e. The molecule has 1 aliphatic carbocycles. The van der Waals surface area contributed by atoms with Gasteiger partial charge in [0, 0.05) is 27.5 Å². The van der Waals surface area contributed by atoms with Gasteiger partial charge in [-0.1, -0.05) is 55.5 Å². The molecular formula is C18H24ClNS. The lowest BCUT2D eigenvalue weighted by Gasteiger charge is -2.23. The minimum Gasteiger partial charge on any atom is -0.309 e. The summed E-state index contributed by atoms with van der Waals surface area (Å²) in [5, 5.41) is 5.86. The van der Waals surface area contributed by atoms with Gasteiger partial charge >= 0.3 is 0 Å². The van der Waals surface area contributed by atoms with E-state index in [2.05, 4.69) is 36.5 Å². The van der Waals surface area contributed by atoms with E-state index in [1.54, 1.807) is 0 Å². The lowest BCUT2D eigenvalue weighted by Crippen LogP contribution is -2.32. The summed E-state index contributed by atoms with van der Waals surface area (Å²) in [6.07, 6.45) is 8.42. The molecule has 0 amide bonds. The van der Waals surface area contributed by atoms with E-state index in [0.717, 1.165) is 17.5 Å². The highest BCUT2D eigenvalue weighted by Crippen LogP contribution is 2.35. The van der Waals surface area contributed by atoms with Gasteiger partial charge in [-0.15, -0.1) is 11.3 Å². The van der Waals surface area contributed by atoms with Crippen molar-refractivity contribution in [3.63, 3.8) is 0 Å². The summed E-state index contributed by atoms with van der Waals surface area (Å²) in [6.45, 7) is 3.24. The summed E-state index contributed by atoms with van der Waals surface area (Å²) in [5.41, 5.74) is 0. The Morgan fingerprint density at radius 2 is 1.90 bits per heavy atom. The molecule has 114 valence electrons. The molecule has 2 aromatic rings. The number of thiophene rings is 1. The normalized spacial score (nSPS) is 18.8. The highest BCUT2D eigenvalue weighted by molar-refractivity contribution is 7.19. The quantitative estimate of drug-likeness (QED) is 0.681. The fourth-order valence-corrected chi connectivity index (χ4v) is 4.86. The van der Waals surface area contributed by atoms with Crippen LogP contribution in [0.1, 0.15) is 50.3 Å². The van der Waals surface area contributed by atoms with Gasteiger partial charge in [0.25, 0.3) is 0 Å². The highest BCUT2D eigenvalue weighted by Gasteiger charge is 2.19. The maximum Gasteiger partial charge on any atom is 0.0636 e. The van der Waals surface area contributed by atoms with Gasteiger partial charge in [0.05, 0.1) is 5.02 Å².